The van der Waals surface area contributed by atoms with E-state index in [1.165, 1.54) is 12.8 Å². The van der Waals surface area contributed by atoms with Crippen molar-refractivity contribution in [3.05, 3.63) is 0 Å². The van der Waals surface area contributed by atoms with Crippen LogP contribution in [0.3, 0.4) is 0 Å². The Bertz CT molecular complexity index is 296. The predicted octanol–water partition coefficient (Wildman–Crippen LogP) is 0.703. The Hall–Kier alpha value is -0.320. The molecule has 0 aromatic carbocycles. The van der Waals surface area contributed by atoms with Gasteiger partial charge in [-0.3, -0.25) is 4.79 Å². The Morgan fingerprint density at radius 1 is 1.41 bits per heavy atom. The van der Waals surface area contributed by atoms with Gasteiger partial charge >= 0.3 is 0 Å². The summed E-state index contributed by atoms with van der Waals surface area (Å²) in [5, 5.41) is 6.46. The number of halogens is 1. The molecular formula is C12H21ClN2O2. The average molecular weight is 261 g/mol. The van der Waals surface area contributed by atoms with Crippen LogP contribution >= 0.6 is 12.4 Å². The highest BCUT2D eigenvalue weighted by Crippen LogP contribution is 2.39. The zero-order valence-corrected chi connectivity index (χ0v) is 10.9. The number of carbonyl (C=O) groups is 1. The number of fused-ring (bicyclic) bond motifs is 1. The molecule has 1 saturated carbocycles. The fourth-order valence-corrected chi connectivity index (χ4v) is 2.89. The van der Waals surface area contributed by atoms with Gasteiger partial charge in [-0.1, -0.05) is 0 Å². The maximum atomic E-state index is 12.3. The van der Waals surface area contributed by atoms with E-state index in [1.54, 1.807) is 0 Å². The summed E-state index contributed by atoms with van der Waals surface area (Å²) in [5.74, 6) is 0.965. The first-order valence-electron chi connectivity index (χ1n) is 6.42. The van der Waals surface area contributed by atoms with Crippen molar-refractivity contribution in [2.45, 2.75) is 31.8 Å². The van der Waals surface area contributed by atoms with Gasteiger partial charge in [-0.25, -0.2) is 0 Å². The lowest BCUT2D eigenvalue weighted by molar-refractivity contribution is -0.135. The molecule has 98 valence electrons. The minimum atomic E-state index is -0.271. The van der Waals surface area contributed by atoms with Gasteiger partial charge in [0.1, 0.15) is 0 Å². The summed E-state index contributed by atoms with van der Waals surface area (Å²) in [6.45, 7) is 3.37. The summed E-state index contributed by atoms with van der Waals surface area (Å²) in [6, 6.07) is 0. The summed E-state index contributed by atoms with van der Waals surface area (Å²) in [7, 11) is 0. The molecule has 2 heterocycles. The van der Waals surface area contributed by atoms with Crippen LogP contribution in [-0.4, -0.2) is 38.3 Å². The van der Waals surface area contributed by atoms with Gasteiger partial charge in [-0.05, 0) is 38.1 Å². The van der Waals surface area contributed by atoms with Crippen molar-refractivity contribution in [3.8, 4) is 0 Å². The molecule has 0 spiro atoms. The largest absolute Gasteiger partial charge is 0.377 e. The number of amides is 1. The standard InChI is InChI=1S/C12H20N2O2.ClH/c15-11(14-7-9-1-2-9)12-4-6-16-10(12)3-5-13-8-12;/h9-10,13H,1-8H2,(H,14,15);1H/t10-,12-;/m1./s1. The summed E-state index contributed by atoms with van der Waals surface area (Å²) < 4.78 is 5.70. The lowest BCUT2D eigenvalue weighted by Gasteiger charge is -2.36. The second-order valence-corrected chi connectivity index (χ2v) is 5.38. The third-order valence-electron chi connectivity index (χ3n) is 4.21. The zero-order valence-electron chi connectivity index (χ0n) is 10.0. The molecule has 1 aliphatic carbocycles. The molecule has 2 N–H and O–H groups in total. The summed E-state index contributed by atoms with van der Waals surface area (Å²) in [4.78, 5) is 12.3. The van der Waals surface area contributed by atoms with Gasteiger partial charge in [0.25, 0.3) is 0 Å². The van der Waals surface area contributed by atoms with Gasteiger partial charge in [0.15, 0.2) is 0 Å². The fraction of sp³-hybridized carbons (Fsp3) is 0.917. The molecule has 0 unspecified atom stereocenters. The molecule has 5 heteroatoms. The number of hydrogen-bond acceptors (Lipinski definition) is 3. The van der Waals surface area contributed by atoms with E-state index >= 15 is 0 Å². The lowest BCUT2D eigenvalue weighted by atomic mass is 9.76. The molecule has 3 aliphatic rings. The Kier molecular flexibility index (Phi) is 3.95. The molecule has 0 aromatic heterocycles. The molecule has 2 saturated heterocycles. The first-order chi connectivity index (χ1) is 7.81. The highest BCUT2D eigenvalue weighted by Gasteiger charge is 2.51. The maximum absolute atomic E-state index is 12.3. The minimum Gasteiger partial charge on any atom is -0.377 e. The van der Waals surface area contributed by atoms with E-state index < -0.39 is 0 Å². The van der Waals surface area contributed by atoms with Gasteiger partial charge in [-0.2, -0.15) is 0 Å². The molecule has 0 radical (unpaired) electrons. The van der Waals surface area contributed by atoms with E-state index in [-0.39, 0.29) is 29.8 Å². The second-order valence-electron chi connectivity index (χ2n) is 5.38. The van der Waals surface area contributed by atoms with Gasteiger partial charge in [0.05, 0.1) is 11.5 Å². The van der Waals surface area contributed by atoms with Crippen molar-refractivity contribution in [2.24, 2.45) is 11.3 Å². The average Bonchev–Trinajstić information content (AvgIpc) is 3.03. The second kappa shape index (κ2) is 5.12. The SMILES string of the molecule is Cl.O=C(NCC1CC1)[C@@]12CCO[C@@H]1CCNC2. The van der Waals surface area contributed by atoms with Crippen LogP contribution in [0.1, 0.15) is 25.7 Å². The molecule has 2 aliphatic heterocycles. The molecule has 0 aromatic rings. The molecule has 3 fully saturated rings. The predicted molar refractivity (Wildman–Crippen MR) is 67.3 cm³/mol. The van der Waals surface area contributed by atoms with Crippen molar-refractivity contribution in [2.75, 3.05) is 26.2 Å². The minimum absolute atomic E-state index is 0. The molecule has 3 rings (SSSR count). The molecular weight excluding hydrogens is 240 g/mol. The highest BCUT2D eigenvalue weighted by atomic mass is 35.5. The van der Waals surface area contributed by atoms with E-state index in [1.807, 2.05) is 0 Å². The van der Waals surface area contributed by atoms with Crippen LogP contribution in [0.2, 0.25) is 0 Å². The van der Waals surface area contributed by atoms with E-state index in [9.17, 15) is 4.79 Å². The van der Waals surface area contributed by atoms with E-state index in [0.717, 1.165) is 45.0 Å². The van der Waals surface area contributed by atoms with Gasteiger partial charge < -0.3 is 15.4 Å². The first kappa shape index (κ1) is 13.1. The zero-order chi connectivity index (χ0) is 11.0. The smallest absolute Gasteiger partial charge is 0.230 e. The third-order valence-corrected chi connectivity index (χ3v) is 4.21. The number of ether oxygens (including phenoxy) is 1. The Balaban J connectivity index is 0.00000108. The molecule has 4 nitrogen and oxygen atoms in total. The van der Waals surface area contributed by atoms with Crippen LogP contribution < -0.4 is 10.6 Å². The van der Waals surface area contributed by atoms with Gasteiger partial charge in [0, 0.05) is 19.7 Å². The van der Waals surface area contributed by atoms with E-state index in [4.69, 9.17) is 4.74 Å². The summed E-state index contributed by atoms with van der Waals surface area (Å²) >= 11 is 0. The fourth-order valence-electron chi connectivity index (χ4n) is 2.89. The van der Waals surface area contributed by atoms with Crippen molar-refractivity contribution in [1.82, 2.24) is 10.6 Å². The van der Waals surface area contributed by atoms with Crippen LogP contribution in [0.4, 0.5) is 0 Å². The molecule has 0 bridgehead atoms. The summed E-state index contributed by atoms with van der Waals surface area (Å²) in [5.41, 5.74) is -0.271. The first-order valence-corrected chi connectivity index (χ1v) is 6.42. The third kappa shape index (κ3) is 2.44. The Morgan fingerprint density at radius 3 is 3.00 bits per heavy atom. The van der Waals surface area contributed by atoms with Crippen LogP contribution in [0.25, 0.3) is 0 Å². The van der Waals surface area contributed by atoms with Crippen LogP contribution in [0.15, 0.2) is 0 Å². The van der Waals surface area contributed by atoms with Gasteiger partial charge in [0.2, 0.25) is 5.91 Å². The van der Waals surface area contributed by atoms with Crippen LogP contribution in [0.5, 0.6) is 0 Å². The molecule has 1 amide bonds. The lowest BCUT2D eigenvalue weighted by Crippen LogP contribution is -2.56. The van der Waals surface area contributed by atoms with Gasteiger partial charge in [-0.15, -0.1) is 12.4 Å². The molecule has 17 heavy (non-hydrogen) atoms. The number of nitrogens with one attached hydrogen (secondary N) is 2. The number of hydrogen-bond donors (Lipinski definition) is 2. The monoisotopic (exact) mass is 260 g/mol. The highest BCUT2D eigenvalue weighted by molar-refractivity contribution is 5.85. The topological polar surface area (TPSA) is 50.4 Å². The van der Waals surface area contributed by atoms with E-state index in [2.05, 4.69) is 10.6 Å². The van der Waals surface area contributed by atoms with Crippen LogP contribution in [-0.2, 0) is 9.53 Å². The molecule has 2 atom stereocenters. The number of piperidine rings is 1. The summed E-state index contributed by atoms with van der Waals surface area (Å²) in [6.07, 6.45) is 4.56. The van der Waals surface area contributed by atoms with Crippen molar-refractivity contribution in [3.63, 3.8) is 0 Å². The Morgan fingerprint density at radius 2 is 2.24 bits per heavy atom. The number of rotatable bonds is 3. The van der Waals surface area contributed by atoms with E-state index in [0.29, 0.717) is 0 Å². The van der Waals surface area contributed by atoms with Crippen molar-refractivity contribution >= 4 is 18.3 Å². The quantitative estimate of drug-likeness (QED) is 0.786. The maximum Gasteiger partial charge on any atom is 0.230 e. The number of carbonyl (C=O) groups excluding carboxylic acids is 1. The normalized spacial score (nSPS) is 35.9. The van der Waals surface area contributed by atoms with Crippen LogP contribution in [0, 0.1) is 11.3 Å². The van der Waals surface area contributed by atoms with Crippen molar-refractivity contribution < 1.29 is 9.53 Å². The van der Waals surface area contributed by atoms with Crippen molar-refractivity contribution in [1.29, 1.82) is 0 Å². The Labute approximate surface area is 108 Å².